The van der Waals surface area contributed by atoms with Gasteiger partial charge in [0.2, 0.25) is 11.8 Å². The van der Waals surface area contributed by atoms with Crippen LogP contribution in [-0.4, -0.2) is 32.3 Å². The van der Waals surface area contributed by atoms with E-state index in [0.717, 1.165) is 23.0 Å². The second kappa shape index (κ2) is 9.39. The van der Waals surface area contributed by atoms with Gasteiger partial charge in [0.15, 0.2) is 6.10 Å². The maximum atomic E-state index is 11.6. The first-order valence-electron chi connectivity index (χ1n) is 9.25. The van der Waals surface area contributed by atoms with Gasteiger partial charge in [-0.25, -0.2) is 14.8 Å². The van der Waals surface area contributed by atoms with Crippen molar-refractivity contribution in [2.75, 3.05) is 0 Å². The summed E-state index contributed by atoms with van der Waals surface area (Å²) in [7, 11) is 0. The summed E-state index contributed by atoms with van der Waals surface area (Å²) in [6, 6.07) is 15.5. The zero-order valence-corrected chi connectivity index (χ0v) is 16.6. The maximum absolute atomic E-state index is 11.6. The van der Waals surface area contributed by atoms with Crippen LogP contribution in [0.4, 0.5) is 0 Å². The Balaban J connectivity index is 1.67. The fourth-order valence-corrected chi connectivity index (χ4v) is 3.10. The van der Waals surface area contributed by atoms with Gasteiger partial charge in [-0.1, -0.05) is 54.9 Å². The van der Waals surface area contributed by atoms with Crippen LogP contribution in [0.5, 0.6) is 11.8 Å². The van der Waals surface area contributed by atoms with E-state index in [1.165, 1.54) is 0 Å². The van der Waals surface area contributed by atoms with E-state index in [2.05, 4.69) is 9.97 Å². The molecule has 150 valence electrons. The third-order valence-electron chi connectivity index (χ3n) is 4.59. The number of hydrogen-bond acceptors (Lipinski definition) is 5. The van der Waals surface area contributed by atoms with E-state index in [0.29, 0.717) is 23.4 Å². The molecule has 7 heteroatoms. The average Bonchev–Trinajstić information content (AvgIpc) is 2.72. The first kappa shape index (κ1) is 20.6. The molecule has 1 heterocycles. The fourth-order valence-electron chi connectivity index (χ4n) is 2.97. The van der Waals surface area contributed by atoms with E-state index in [1.54, 1.807) is 0 Å². The molecule has 3 aromatic rings. The number of ether oxygens (including phenoxy) is 1. The fraction of sp³-hybridized carbons (Fsp3) is 0.227. The molecule has 0 bridgehead atoms. The number of rotatable bonds is 8. The van der Waals surface area contributed by atoms with Gasteiger partial charge in [0.05, 0.1) is 5.56 Å². The minimum Gasteiger partial charge on any atom is -0.493 e. The van der Waals surface area contributed by atoms with Crippen LogP contribution < -0.4 is 4.74 Å². The Labute approximate surface area is 173 Å². The molecule has 3 rings (SSSR count). The third-order valence-corrected chi connectivity index (χ3v) is 4.84. The zero-order chi connectivity index (χ0) is 20.8. The van der Waals surface area contributed by atoms with Gasteiger partial charge in [-0.05, 0) is 48.1 Å². The summed E-state index contributed by atoms with van der Waals surface area (Å²) in [4.78, 5) is 19.3. The van der Waals surface area contributed by atoms with Gasteiger partial charge in [0.1, 0.15) is 6.33 Å². The molecule has 1 unspecified atom stereocenters. The minimum absolute atomic E-state index is 0.102. The lowest BCUT2D eigenvalue weighted by Gasteiger charge is -2.16. The predicted octanol–water partition coefficient (Wildman–Crippen LogP) is 4.53. The third kappa shape index (κ3) is 5.23. The molecule has 29 heavy (non-hydrogen) atoms. The second-order valence-electron chi connectivity index (χ2n) is 6.52. The molecular weight excluding hydrogens is 392 g/mol. The van der Waals surface area contributed by atoms with E-state index in [4.69, 9.17) is 16.3 Å². The van der Waals surface area contributed by atoms with Gasteiger partial charge in [0.25, 0.3) is 0 Å². The molecule has 0 spiro atoms. The quantitative estimate of drug-likeness (QED) is 0.564. The summed E-state index contributed by atoms with van der Waals surface area (Å²) in [5.41, 5.74) is 3.51. The summed E-state index contributed by atoms with van der Waals surface area (Å²) in [5.74, 6) is -1.17. The van der Waals surface area contributed by atoms with Crippen molar-refractivity contribution in [1.29, 1.82) is 0 Å². The van der Waals surface area contributed by atoms with Crippen LogP contribution in [0.15, 0.2) is 54.9 Å². The number of hydrogen-bond donors (Lipinski definition) is 2. The van der Waals surface area contributed by atoms with E-state index in [-0.39, 0.29) is 18.2 Å². The molecule has 0 aliphatic rings. The van der Waals surface area contributed by atoms with Gasteiger partial charge < -0.3 is 14.9 Å². The van der Waals surface area contributed by atoms with Crippen LogP contribution in [0.2, 0.25) is 5.02 Å². The summed E-state index contributed by atoms with van der Waals surface area (Å²) in [6.45, 7) is 1.81. The number of aromatic nitrogens is 2. The van der Waals surface area contributed by atoms with Crippen molar-refractivity contribution in [2.45, 2.75) is 32.3 Å². The Morgan fingerprint density at radius 3 is 2.28 bits per heavy atom. The van der Waals surface area contributed by atoms with Gasteiger partial charge in [-0.2, -0.15) is 0 Å². The maximum Gasteiger partial charge on any atom is 0.344 e. The average molecular weight is 413 g/mol. The first-order chi connectivity index (χ1) is 14.0. The van der Waals surface area contributed by atoms with Crippen LogP contribution in [0, 0.1) is 0 Å². The molecular formula is C22H21ClN2O4. The number of aromatic hydroxyl groups is 1. The normalized spacial score (nSPS) is 11.8. The highest BCUT2D eigenvalue weighted by Gasteiger charge is 2.22. The van der Waals surface area contributed by atoms with E-state index in [9.17, 15) is 15.0 Å². The lowest BCUT2D eigenvalue weighted by Crippen LogP contribution is -2.28. The van der Waals surface area contributed by atoms with Crippen molar-refractivity contribution in [3.05, 3.63) is 71.0 Å². The summed E-state index contributed by atoms with van der Waals surface area (Å²) < 4.78 is 5.58. The van der Waals surface area contributed by atoms with E-state index in [1.807, 2.05) is 55.5 Å². The number of aryl methyl sites for hydroxylation is 1. The van der Waals surface area contributed by atoms with Crippen molar-refractivity contribution in [3.63, 3.8) is 0 Å². The molecule has 6 nitrogen and oxygen atoms in total. The van der Waals surface area contributed by atoms with Crippen LogP contribution in [0.25, 0.3) is 11.1 Å². The van der Waals surface area contributed by atoms with Crippen molar-refractivity contribution >= 4 is 17.6 Å². The monoisotopic (exact) mass is 412 g/mol. The SMILES string of the molecule is CCc1c(O)ncnc1OC(CCc1ccc(-c2ccc(Cl)cc2)cc1)C(=O)O. The highest BCUT2D eigenvalue weighted by Crippen LogP contribution is 2.25. The minimum atomic E-state index is -1.08. The number of carboxylic acid groups (broad SMARTS) is 1. The number of aliphatic carboxylic acids is 1. The van der Waals surface area contributed by atoms with E-state index < -0.39 is 12.1 Å². The number of carboxylic acids is 1. The summed E-state index contributed by atoms with van der Waals surface area (Å²) in [5, 5.41) is 20.0. The van der Waals surface area contributed by atoms with Crippen LogP contribution in [0.3, 0.4) is 0 Å². The van der Waals surface area contributed by atoms with Crippen molar-refractivity contribution in [1.82, 2.24) is 9.97 Å². The summed E-state index contributed by atoms with van der Waals surface area (Å²) in [6.07, 6.45) is 1.30. The van der Waals surface area contributed by atoms with Gasteiger partial charge in [-0.3, -0.25) is 0 Å². The lowest BCUT2D eigenvalue weighted by atomic mass is 10.0. The second-order valence-corrected chi connectivity index (χ2v) is 6.96. The molecule has 2 aromatic carbocycles. The predicted molar refractivity (Wildman–Crippen MR) is 110 cm³/mol. The molecule has 2 N–H and O–H groups in total. The first-order valence-corrected chi connectivity index (χ1v) is 9.63. The number of carbonyl (C=O) groups is 1. The lowest BCUT2D eigenvalue weighted by molar-refractivity contribution is -0.145. The van der Waals surface area contributed by atoms with Crippen molar-refractivity contribution in [3.8, 4) is 22.9 Å². The Morgan fingerprint density at radius 1 is 1.07 bits per heavy atom. The molecule has 0 radical (unpaired) electrons. The molecule has 1 aromatic heterocycles. The Morgan fingerprint density at radius 2 is 1.69 bits per heavy atom. The highest BCUT2D eigenvalue weighted by atomic mass is 35.5. The van der Waals surface area contributed by atoms with E-state index >= 15 is 0 Å². The topological polar surface area (TPSA) is 92.5 Å². The standard InChI is InChI=1S/C22H21ClN2O4/c1-2-18-20(26)24-13-25-21(18)29-19(22(27)28)12-5-14-3-6-15(7-4-14)16-8-10-17(23)11-9-16/h3-4,6-11,13,19H,2,5,12H2,1H3,(H,27,28)(H,24,25,26). The Bertz CT molecular complexity index is 975. The van der Waals surface area contributed by atoms with Gasteiger partial charge in [0, 0.05) is 5.02 Å². The molecule has 0 saturated heterocycles. The molecule has 1 atom stereocenters. The molecule has 0 saturated carbocycles. The zero-order valence-electron chi connectivity index (χ0n) is 15.9. The van der Waals surface area contributed by atoms with Crippen LogP contribution in [-0.2, 0) is 17.6 Å². The van der Waals surface area contributed by atoms with Crippen LogP contribution >= 0.6 is 11.6 Å². The molecule has 0 aliphatic heterocycles. The Kier molecular flexibility index (Phi) is 6.67. The summed E-state index contributed by atoms with van der Waals surface area (Å²) >= 11 is 5.92. The number of halogens is 1. The smallest absolute Gasteiger partial charge is 0.344 e. The van der Waals surface area contributed by atoms with Crippen LogP contribution in [0.1, 0.15) is 24.5 Å². The molecule has 0 amide bonds. The highest BCUT2D eigenvalue weighted by molar-refractivity contribution is 6.30. The number of benzene rings is 2. The van der Waals surface area contributed by atoms with Gasteiger partial charge >= 0.3 is 5.97 Å². The van der Waals surface area contributed by atoms with Crippen molar-refractivity contribution in [2.24, 2.45) is 0 Å². The molecule has 0 aliphatic carbocycles. The van der Waals surface area contributed by atoms with Crippen molar-refractivity contribution < 1.29 is 19.7 Å². The largest absolute Gasteiger partial charge is 0.493 e. The number of nitrogens with zero attached hydrogens (tertiary/aromatic N) is 2. The van der Waals surface area contributed by atoms with Gasteiger partial charge in [-0.15, -0.1) is 0 Å². The molecule has 0 fully saturated rings. The Hall–Kier alpha value is -3.12.